The fraction of sp³-hybridized carbons (Fsp3) is 0.167. The molecule has 7 heteroatoms. The van der Waals surface area contributed by atoms with Crippen LogP contribution in [0.1, 0.15) is 35.5 Å². The number of fused-ring (bicyclic) bond motifs is 1. The summed E-state index contributed by atoms with van der Waals surface area (Å²) in [5.41, 5.74) is 3.46. The number of amides is 2. The van der Waals surface area contributed by atoms with Crippen LogP contribution in [0.2, 0.25) is 0 Å². The average Bonchev–Trinajstić information content (AvgIpc) is 3.03. The van der Waals surface area contributed by atoms with Crippen molar-refractivity contribution in [2.75, 3.05) is 5.32 Å². The van der Waals surface area contributed by atoms with Crippen LogP contribution in [0, 0.1) is 0 Å². The molecule has 0 saturated heterocycles. The topological polar surface area (TPSA) is 95.2 Å². The van der Waals surface area contributed by atoms with Crippen molar-refractivity contribution in [2.24, 2.45) is 0 Å². The third kappa shape index (κ3) is 3.77. The highest BCUT2D eigenvalue weighted by Crippen LogP contribution is 2.33. The first-order valence-electron chi connectivity index (χ1n) is 10.0. The lowest BCUT2D eigenvalue weighted by molar-refractivity contribution is -0.119. The standard InChI is InChI=1S/C24H22N4O3/c1-4-17-13-21(29)27-22(25-17)16-8-7-9-18(12-16)26-23(30)15(3)28-14(2)19-10-5-6-11-20(19)24(28)31/h5-13,15H,2,4H2,1,3H3,(H,26,30)(H,25,27,29). The molecular formula is C24H22N4O3. The van der Waals surface area contributed by atoms with E-state index in [1.165, 1.54) is 11.0 Å². The summed E-state index contributed by atoms with van der Waals surface area (Å²) in [6.07, 6.45) is 0.640. The van der Waals surface area contributed by atoms with Gasteiger partial charge in [-0.3, -0.25) is 19.3 Å². The van der Waals surface area contributed by atoms with Crippen LogP contribution in [0.4, 0.5) is 5.69 Å². The van der Waals surface area contributed by atoms with Crippen molar-refractivity contribution in [3.05, 3.63) is 88.4 Å². The number of hydrogen-bond donors (Lipinski definition) is 2. The van der Waals surface area contributed by atoms with E-state index in [-0.39, 0.29) is 17.4 Å². The molecule has 1 atom stereocenters. The van der Waals surface area contributed by atoms with Gasteiger partial charge >= 0.3 is 0 Å². The van der Waals surface area contributed by atoms with Gasteiger partial charge < -0.3 is 10.3 Å². The number of nitrogens with one attached hydrogen (secondary N) is 2. The lowest BCUT2D eigenvalue weighted by atomic mass is 10.1. The van der Waals surface area contributed by atoms with Gasteiger partial charge in [-0.25, -0.2) is 4.98 Å². The fourth-order valence-corrected chi connectivity index (χ4v) is 3.65. The number of nitrogens with zero attached hydrogens (tertiary/aromatic N) is 2. The van der Waals surface area contributed by atoms with Crippen LogP contribution in [0.3, 0.4) is 0 Å². The zero-order valence-electron chi connectivity index (χ0n) is 17.3. The Hall–Kier alpha value is -4.00. The Morgan fingerprint density at radius 3 is 2.58 bits per heavy atom. The van der Waals surface area contributed by atoms with Gasteiger partial charge in [0.2, 0.25) is 5.91 Å². The molecule has 0 radical (unpaired) electrons. The first kappa shape index (κ1) is 20.3. The number of aromatic nitrogens is 2. The molecule has 2 amide bonds. The second-order valence-corrected chi connectivity index (χ2v) is 7.35. The molecule has 1 aliphatic heterocycles. The Morgan fingerprint density at radius 1 is 1.13 bits per heavy atom. The molecule has 4 rings (SSSR count). The van der Waals surface area contributed by atoms with Crippen molar-refractivity contribution in [3.63, 3.8) is 0 Å². The number of hydrogen-bond acceptors (Lipinski definition) is 4. The van der Waals surface area contributed by atoms with E-state index in [9.17, 15) is 14.4 Å². The molecule has 3 aromatic rings. The second-order valence-electron chi connectivity index (χ2n) is 7.35. The summed E-state index contributed by atoms with van der Waals surface area (Å²) in [7, 11) is 0. The highest BCUT2D eigenvalue weighted by atomic mass is 16.2. The van der Waals surface area contributed by atoms with Gasteiger partial charge in [-0.05, 0) is 31.5 Å². The van der Waals surface area contributed by atoms with Crippen LogP contribution in [0.15, 0.2) is 66.0 Å². The molecule has 2 heterocycles. The predicted molar refractivity (Wildman–Crippen MR) is 119 cm³/mol. The van der Waals surface area contributed by atoms with E-state index in [0.29, 0.717) is 40.5 Å². The highest BCUT2D eigenvalue weighted by molar-refractivity contribution is 6.11. The molecule has 2 N–H and O–H groups in total. The zero-order valence-corrected chi connectivity index (χ0v) is 17.3. The van der Waals surface area contributed by atoms with Crippen molar-refractivity contribution in [1.82, 2.24) is 14.9 Å². The lowest BCUT2D eigenvalue weighted by Crippen LogP contribution is -2.41. The average molecular weight is 414 g/mol. The SMILES string of the molecule is C=C1c2ccccc2C(=O)N1C(C)C(=O)Nc1cccc(-c2nc(CC)cc(=O)[nH]2)c1. The number of rotatable bonds is 5. The Bertz CT molecular complexity index is 1230. The molecule has 7 nitrogen and oxygen atoms in total. The quantitative estimate of drug-likeness (QED) is 0.668. The Morgan fingerprint density at radius 2 is 1.87 bits per heavy atom. The zero-order chi connectivity index (χ0) is 22.1. The third-order valence-corrected chi connectivity index (χ3v) is 5.31. The maximum Gasteiger partial charge on any atom is 0.259 e. The summed E-state index contributed by atoms with van der Waals surface area (Å²) in [6, 6.07) is 14.9. The summed E-state index contributed by atoms with van der Waals surface area (Å²) in [4.78, 5) is 46.2. The van der Waals surface area contributed by atoms with E-state index in [4.69, 9.17) is 0 Å². The van der Waals surface area contributed by atoms with Crippen molar-refractivity contribution in [1.29, 1.82) is 0 Å². The molecule has 0 fully saturated rings. The van der Waals surface area contributed by atoms with Gasteiger partial charge in [0.05, 0.1) is 0 Å². The van der Waals surface area contributed by atoms with Gasteiger partial charge in [-0.15, -0.1) is 0 Å². The number of H-pyrrole nitrogens is 1. The van der Waals surface area contributed by atoms with Crippen molar-refractivity contribution < 1.29 is 9.59 Å². The summed E-state index contributed by atoms with van der Waals surface area (Å²) < 4.78 is 0. The molecule has 2 aromatic carbocycles. The van der Waals surface area contributed by atoms with Crippen molar-refractivity contribution in [2.45, 2.75) is 26.3 Å². The van der Waals surface area contributed by atoms with Crippen LogP contribution in [-0.2, 0) is 11.2 Å². The highest BCUT2D eigenvalue weighted by Gasteiger charge is 2.36. The van der Waals surface area contributed by atoms with E-state index in [2.05, 4.69) is 21.9 Å². The number of aromatic amines is 1. The lowest BCUT2D eigenvalue weighted by Gasteiger charge is -2.24. The summed E-state index contributed by atoms with van der Waals surface area (Å²) in [5.74, 6) is -0.148. The minimum absolute atomic E-state index is 0.226. The first-order chi connectivity index (χ1) is 14.9. The van der Waals surface area contributed by atoms with Gasteiger partial charge in [-0.1, -0.05) is 43.8 Å². The predicted octanol–water partition coefficient (Wildman–Crippen LogP) is 3.45. The second kappa shape index (κ2) is 8.02. The molecule has 0 aliphatic carbocycles. The Kier molecular flexibility index (Phi) is 5.25. The molecule has 1 aliphatic rings. The number of anilines is 1. The number of benzene rings is 2. The monoisotopic (exact) mass is 414 g/mol. The maximum absolute atomic E-state index is 12.9. The summed E-state index contributed by atoms with van der Waals surface area (Å²) in [5, 5.41) is 2.85. The van der Waals surface area contributed by atoms with Gasteiger partial charge in [-0.2, -0.15) is 0 Å². The normalized spacial score (nSPS) is 13.8. The molecule has 1 unspecified atom stereocenters. The molecule has 156 valence electrons. The molecule has 0 bridgehead atoms. The number of aryl methyl sites for hydroxylation is 1. The van der Waals surface area contributed by atoms with Gasteiger partial charge in [0.25, 0.3) is 11.5 Å². The Balaban J connectivity index is 1.55. The van der Waals surface area contributed by atoms with Crippen LogP contribution in [0.25, 0.3) is 17.1 Å². The van der Waals surface area contributed by atoms with Crippen LogP contribution in [0.5, 0.6) is 0 Å². The van der Waals surface area contributed by atoms with Gasteiger partial charge in [0, 0.05) is 39.8 Å². The largest absolute Gasteiger partial charge is 0.324 e. The van der Waals surface area contributed by atoms with E-state index in [1.807, 2.05) is 19.1 Å². The molecule has 0 saturated carbocycles. The molecule has 0 spiro atoms. The maximum atomic E-state index is 12.9. The van der Waals surface area contributed by atoms with Gasteiger partial charge in [0.15, 0.2) is 0 Å². The van der Waals surface area contributed by atoms with Crippen LogP contribution >= 0.6 is 0 Å². The molecule has 31 heavy (non-hydrogen) atoms. The fourth-order valence-electron chi connectivity index (χ4n) is 3.65. The number of carbonyl (C=O) groups excluding carboxylic acids is 2. The molecular weight excluding hydrogens is 392 g/mol. The Labute approximate surface area is 179 Å². The smallest absolute Gasteiger partial charge is 0.259 e. The van der Waals surface area contributed by atoms with E-state index in [0.717, 1.165) is 5.56 Å². The molecule has 1 aromatic heterocycles. The number of carbonyl (C=O) groups is 2. The van der Waals surface area contributed by atoms with Crippen LogP contribution < -0.4 is 10.9 Å². The van der Waals surface area contributed by atoms with Crippen molar-refractivity contribution >= 4 is 23.2 Å². The van der Waals surface area contributed by atoms with Crippen LogP contribution in [-0.4, -0.2) is 32.7 Å². The third-order valence-electron chi connectivity index (χ3n) is 5.31. The van der Waals surface area contributed by atoms with Gasteiger partial charge in [0.1, 0.15) is 11.9 Å². The van der Waals surface area contributed by atoms with E-state index >= 15 is 0 Å². The summed E-state index contributed by atoms with van der Waals surface area (Å²) >= 11 is 0. The minimum atomic E-state index is -0.752. The van der Waals surface area contributed by atoms with Crippen molar-refractivity contribution in [3.8, 4) is 11.4 Å². The minimum Gasteiger partial charge on any atom is -0.324 e. The first-order valence-corrected chi connectivity index (χ1v) is 10.0. The summed E-state index contributed by atoms with van der Waals surface area (Å²) in [6.45, 7) is 7.59. The van der Waals surface area contributed by atoms with E-state index < -0.39 is 6.04 Å². The van der Waals surface area contributed by atoms with E-state index in [1.54, 1.807) is 43.3 Å².